The molecule has 90 valence electrons. The second-order valence-corrected chi connectivity index (χ2v) is 3.57. The quantitative estimate of drug-likeness (QED) is 0.789. The minimum Gasteiger partial charge on any atom is -0.491 e. The molecule has 0 fully saturated rings. The molecular formula is C11H11ClFN3O. The van der Waals surface area contributed by atoms with Crippen LogP contribution in [0.1, 0.15) is 12.7 Å². The lowest BCUT2D eigenvalue weighted by atomic mass is 10.3. The van der Waals surface area contributed by atoms with Crippen LogP contribution < -0.4 is 4.74 Å². The third kappa shape index (κ3) is 2.39. The van der Waals surface area contributed by atoms with Crippen molar-refractivity contribution in [3.05, 3.63) is 36.2 Å². The van der Waals surface area contributed by atoms with Gasteiger partial charge in [0.2, 0.25) is 0 Å². The van der Waals surface area contributed by atoms with E-state index in [0.717, 1.165) is 0 Å². The molecule has 0 aliphatic rings. The molecule has 1 aromatic heterocycles. The molecule has 0 radical (unpaired) electrons. The fourth-order valence-corrected chi connectivity index (χ4v) is 1.66. The lowest BCUT2D eigenvalue weighted by Crippen LogP contribution is -2.00. The topological polar surface area (TPSA) is 39.9 Å². The van der Waals surface area contributed by atoms with Crippen LogP contribution in [0, 0.1) is 5.82 Å². The molecular weight excluding hydrogens is 245 g/mol. The first-order chi connectivity index (χ1) is 8.26. The summed E-state index contributed by atoms with van der Waals surface area (Å²) in [5, 5.41) is 7.56. The molecule has 0 amide bonds. The van der Waals surface area contributed by atoms with E-state index in [9.17, 15) is 4.39 Å². The molecule has 0 aliphatic carbocycles. The van der Waals surface area contributed by atoms with Gasteiger partial charge in [0.25, 0.3) is 0 Å². The summed E-state index contributed by atoms with van der Waals surface area (Å²) < 4.78 is 20.4. The van der Waals surface area contributed by atoms with Gasteiger partial charge in [0, 0.05) is 6.07 Å². The Balaban J connectivity index is 2.37. The molecule has 1 aromatic carbocycles. The Bertz CT molecular complexity index is 515. The number of halogens is 2. The Morgan fingerprint density at radius 3 is 2.94 bits per heavy atom. The van der Waals surface area contributed by atoms with Gasteiger partial charge in [-0.1, -0.05) is 0 Å². The number of hydrogen-bond acceptors (Lipinski definition) is 3. The Morgan fingerprint density at radius 2 is 2.29 bits per heavy atom. The number of aromatic nitrogens is 3. The van der Waals surface area contributed by atoms with E-state index in [-0.39, 0.29) is 11.6 Å². The summed E-state index contributed by atoms with van der Waals surface area (Å²) in [7, 11) is 0. The molecule has 0 N–H and O–H groups in total. The summed E-state index contributed by atoms with van der Waals surface area (Å²) >= 11 is 5.70. The van der Waals surface area contributed by atoms with Gasteiger partial charge in [-0.25, -0.2) is 4.39 Å². The van der Waals surface area contributed by atoms with E-state index in [1.54, 1.807) is 23.6 Å². The van der Waals surface area contributed by atoms with Crippen LogP contribution in [0.4, 0.5) is 4.39 Å². The molecule has 0 atom stereocenters. The Kier molecular flexibility index (Phi) is 3.58. The van der Waals surface area contributed by atoms with E-state index < -0.39 is 5.82 Å². The highest BCUT2D eigenvalue weighted by Crippen LogP contribution is 2.21. The third-order valence-electron chi connectivity index (χ3n) is 2.23. The van der Waals surface area contributed by atoms with Gasteiger partial charge in [0.15, 0.2) is 17.4 Å². The molecule has 1 heterocycles. The first-order valence-corrected chi connectivity index (χ1v) is 5.67. The van der Waals surface area contributed by atoms with Gasteiger partial charge in [0.1, 0.15) is 6.33 Å². The van der Waals surface area contributed by atoms with E-state index in [4.69, 9.17) is 16.3 Å². The standard InChI is InChI=1S/C11H11ClFN3O/c1-2-17-10-4-3-8(5-9(10)13)16-7-14-15-11(16)6-12/h3-5,7H,2,6H2,1H3. The Labute approximate surface area is 103 Å². The molecule has 0 saturated carbocycles. The summed E-state index contributed by atoms with van der Waals surface area (Å²) in [5.41, 5.74) is 0.617. The van der Waals surface area contributed by atoms with Crippen LogP contribution >= 0.6 is 11.6 Å². The fourth-order valence-electron chi connectivity index (χ4n) is 1.48. The fraction of sp³-hybridized carbons (Fsp3) is 0.273. The molecule has 0 spiro atoms. The normalized spacial score (nSPS) is 10.5. The summed E-state index contributed by atoms with van der Waals surface area (Å²) in [5.74, 6) is 0.597. The second kappa shape index (κ2) is 5.14. The van der Waals surface area contributed by atoms with E-state index in [0.29, 0.717) is 18.1 Å². The SMILES string of the molecule is CCOc1ccc(-n2cnnc2CCl)cc1F. The van der Waals surface area contributed by atoms with Crippen molar-refractivity contribution in [3.8, 4) is 11.4 Å². The molecule has 4 nitrogen and oxygen atoms in total. The average molecular weight is 256 g/mol. The van der Waals surface area contributed by atoms with Crippen molar-refractivity contribution in [3.63, 3.8) is 0 Å². The summed E-state index contributed by atoms with van der Waals surface area (Å²) in [6.07, 6.45) is 1.49. The number of benzene rings is 1. The number of ether oxygens (including phenoxy) is 1. The summed E-state index contributed by atoms with van der Waals surface area (Å²) in [4.78, 5) is 0. The van der Waals surface area contributed by atoms with Crippen molar-refractivity contribution < 1.29 is 9.13 Å². The van der Waals surface area contributed by atoms with Crippen LogP contribution in [0.3, 0.4) is 0 Å². The van der Waals surface area contributed by atoms with Crippen molar-refractivity contribution in [2.45, 2.75) is 12.8 Å². The van der Waals surface area contributed by atoms with E-state index in [1.165, 1.54) is 12.4 Å². The highest BCUT2D eigenvalue weighted by atomic mass is 35.5. The van der Waals surface area contributed by atoms with Crippen LogP contribution in [0.25, 0.3) is 5.69 Å². The summed E-state index contributed by atoms with van der Waals surface area (Å²) in [6, 6.07) is 4.67. The maximum Gasteiger partial charge on any atom is 0.167 e. The lowest BCUT2D eigenvalue weighted by molar-refractivity contribution is 0.321. The van der Waals surface area contributed by atoms with E-state index in [1.807, 2.05) is 0 Å². The minimum absolute atomic E-state index is 0.217. The largest absolute Gasteiger partial charge is 0.491 e. The Hall–Kier alpha value is -1.62. The van der Waals surface area contributed by atoms with Crippen LogP contribution in [0.2, 0.25) is 0 Å². The zero-order chi connectivity index (χ0) is 12.3. The number of alkyl halides is 1. The molecule has 0 bridgehead atoms. The number of rotatable bonds is 4. The predicted octanol–water partition coefficient (Wildman–Crippen LogP) is 2.54. The zero-order valence-electron chi connectivity index (χ0n) is 9.23. The zero-order valence-corrected chi connectivity index (χ0v) is 9.99. The maximum atomic E-state index is 13.7. The van der Waals surface area contributed by atoms with E-state index in [2.05, 4.69) is 10.2 Å². The molecule has 2 aromatic rings. The highest BCUT2D eigenvalue weighted by Gasteiger charge is 2.09. The predicted molar refractivity (Wildman–Crippen MR) is 62.0 cm³/mol. The second-order valence-electron chi connectivity index (χ2n) is 3.30. The van der Waals surface area contributed by atoms with Gasteiger partial charge in [-0.2, -0.15) is 0 Å². The van der Waals surface area contributed by atoms with Gasteiger partial charge >= 0.3 is 0 Å². The molecule has 0 unspecified atom stereocenters. The van der Waals surface area contributed by atoms with Crippen molar-refractivity contribution >= 4 is 11.6 Å². The van der Waals surface area contributed by atoms with Gasteiger partial charge in [-0.05, 0) is 19.1 Å². The smallest absolute Gasteiger partial charge is 0.167 e. The molecule has 17 heavy (non-hydrogen) atoms. The maximum absolute atomic E-state index is 13.7. The lowest BCUT2D eigenvalue weighted by Gasteiger charge is -2.08. The highest BCUT2D eigenvalue weighted by molar-refractivity contribution is 6.16. The summed E-state index contributed by atoms with van der Waals surface area (Å²) in [6.45, 7) is 2.23. The number of nitrogens with zero attached hydrogens (tertiary/aromatic N) is 3. The van der Waals surface area contributed by atoms with Gasteiger partial charge in [-0.15, -0.1) is 21.8 Å². The van der Waals surface area contributed by atoms with Crippen molar-refractivity contribution in [2.75, 3.05) is 6.61 Å². The van der Waals surface area contributed by atoms with E-state index >= 15 is 0 Å². The van der Waals surface area contributed by atoms with Crippen molar-refractivity contribution in [1.29, 1.82) is 0 Å². The average Bonchev–Trinajstić information content (AvgIpc) is 2.80. The van der Waals surface area contributed by atoms with Crippen LogP contribution in [0.5, 0.6) is 5.75 Å². The molecule has 2 rings (SSSR count). The first-order valence-electron chi connectivity index (χ1n) is 5.13. The molecule has 0 saturated heterocycles. The van der Waals surface area contributed by atoms with Crippen LogP contribution in [0.15, 0.2) is 24.5 Å². The monoisotopic (exact) mass is 255 g/mol. The Morgan fingerprint density at radius 1 is 1.47 bits per heavy atom. The molecule has 0 aliphatic heterocycles. The van der Waals surface area contributed by atoms with Gasteiger partial charge in [-0.3, -0.25) is 4.57 Å². The van der Waals surface area contributed by atoms with Crippen molar-refractivity contribution in [1.82, 2.24) is 14.8 Å². The minimum atomic E-state index is -0.418. The van der Waals surface area contributed by atoms with Gasteiger partial charge in [0.05, 0.1) is 18.2 Å². The molecule has 6 heteroatoms. The third-order valence-corrected chi connectivity index (χ3v) is 2.47. The van der Waals surface area contributed by atoms with Crippen molar-refractivity contribution in [2.24, 2.45) is 0 Å². The van der Waals surface area contributed by atoms with Crippen LogP contribution in [-0.2, 0) is 5.88 Å². The van der Waals surface area contributed by atoms with Crippen LogP contribution in [-0.4, -0.2) is 21.4 Å². The number of hydrogen-bond donors (Lipinski definition) is 0. The first kappa shape index (κ1) is 11.9. The van der Waals surface area contributed by atoms with Gasteiger partial charge < -0.3 is 4.74 Å².